The molecule has 3 rings (SSSR count). The average Bonchev–Trinajstić information content (AvgIpc) is 3.20. The fourth-order valence-electron chi connectivity index (χ4n) is 3.24. The highest BCUT2D eigenvalue weighted by Crippen LogP contribution is 2.25. The zero-order chi connectivity index (χ0) is 21.0. The minimum atomic E-state index is -0.411. The van der Waals surface area contributed by atoms with E-state index in [1.54, 1.807) is 13.2 Å². The first-order valence-corrected chi connectivity index (χ1v) is 9.71. The van der Waals surface area contributed by atoms with Crippen LogP contribution in [-0.4, -0.2) is 47.1 Å². The summed E-state index contributed by atoms with van der Waals surface area (Å²) in [4.78, 5) is 30.8. The summed E-state index contributed by atoms with van der Waals surface area (Å²) in [6.45, 7) is 6.77. The van der Waals surface area contributed by atoms with Crippen molar-refractivity contribution in [3.8, 4) is 17.1 Å². The molecule has 156 valence electrons. The number of amides is 1. The summed E-state index contributed by atoms with van der Waals surface area (Å²) in [5, 5.41) is 3.93. The number of aromatic nitrogens is 2. The average molecular weight is 401 g/mol. The van der Waals surface area contributed by atoms with E-state index in [2.05, 4.69) is 10.1 Å². The molecule has 1 amide bonds. The van der Waals surface area contributed by atoms with Crippen LogP contribution in [-0.2, 0) is 20.9 Å². The lowest BCUT2D eigenvalue weighted by Crippen LogP contribution is -2.45. The molecule has 8 nitrogen and oxygen atoms in total. The van der Waals surface area contributed by atoms with E-state index in [4.69, 9.17) is 14.0 Å². The molecule has 0 atom stereocenters. The van der Waals surface area contributed by atoms with Gasteiger partial charge < -0.3 is 18.9 Å². The first kappa shape index (κ1) is 20.8. The molecule has 1 fully saturated rings. The Balaban J connectivity index is 1.50. The second-order valence-electron chi connectivity index (χ2n) is 8.17. The van der Waals surface area contributed by atoms with E-state index < -0.39 is 5.41 Å². The number of ether oxygens (including phenoxy) is 2. The lowest BCUT2D eigenvalue weighted by atomic mass is 9.91. The van der Waals surface area contributed by atoms with Crippen molar-refractivity contribution in [3.05, 3.63) is 30.2 Å². The molecule has 0 radical (unpaired) electrons. The number of carbonyl (C=O) groups excluding carboxylic acids is 2. The van der Waals surface area contributed by atoms with Gasteiger partial charge in [0.1, 0.15) is 5.75 Å². The molecule has 0 aliphatic carbocycles. The summed E-state index contributed by atoms with van der Waals surface area (Å²) in [6.07, 6.45) is 1.19. The Morgan fingerprint density at radius 3 is 2.62 bits per heavy atom. The summed E-state index contributed by atoms with van der Waals surface area (Å²) >= 11 is 0. The van der Waals surface area contributed by atoms with Crippen LogP contribution >= 0.6 is 0 Å². The van der Waals surface area contributed by atoms with E-state index in [9.17, 15) is 9.59 Å². The van der Waals surface area contributed by atoms with E-state index in [1.165, 1.54) is 0 Å². The van der Waals surface area contributed by atoms with Crippen LogP contribution < -0.4 is 4.74 Å². The summed E-state index contributed by atoms with van der Waals surface area (Å²) in [6, 6.07) is 7.30. The molecule has 8 heteroatoms. The summed E-state index contributed by atoms with van der Waals surface area (Å²) in [7, 11) is 1.59. The van der Waals surface area contributed by atoms with Crippen LogP contribution in [0.5, 0.6) is 5.75 Å². The normalized spacial score (nSPS) is 15.2. The topological polar surface area (TPSA) is 94.8 Å². The van der Waals surface area contributed by atoms with Crippen molar-refractivity contribution in [3.63, 3.8) is 0 Å². The highest BCUT2D eigenvalue weighted by Gasteiger charge is 2.33. The maximum atomic E-state index is 12.4. The number of piperidine rings is 1. The van der Waals surface area contributed by atoms with E-state index in [1.807, 2.05) is 43.9 Å². The molecule has 1 aliphatic rings. The van der Waals surface area contributed by atoms with E-state index >= 15 is 0 Å². The van der Waals surface area contributed by atoms with Gasteiger partial charge in [-0.1, -0.05) is 38.1 Å². The zero-order valence-corrected chi connectivity index (χ0v) is 17.3. The molecule has 0 N–H and O–H groups in total. The third-order valence-electron chi connectivity index (χ3n) is 4.89. The maximum absolute atomic E-state index is 12.4. The second-order valence-corrected chi connectivity index (χ2v) is 8.17. The van der Waals surface area contributed by atoms with Crippen molar-refractivity contribution in [1.82, 2.24) is 15.0 Å². The van der Waals surface area contributed by atoms with Crippen LogP contribution in [0.4, 0.5) is 0 Å². The predicted molar refractivity (Wildman–Crippen MR) is 105 cm³/mol. The third kappa shape index (κ3) is 5.13. The van der Waals surface area contributed by atoms with Crippen LogP contribution in [0, 0.1) is 11.3 Å². The monoisotopic (exact) mass is 401 g/mol. The minimum absolute atomic E-state index is 0.0725. The number of methoxy groups -OCH3 is 1. The lowest BCUT2D eigenvalue weighted by Gasteiger charge is -2.34. The number of rotatable bonds is 5. The number of nitrogens with zero attached hydrogens (tertiary/aromatic N) is 3. The fourth-order valence-corrected chi connectivity index (χ4v) is 3.24. The molecular weight excluding hydrogens is 374 g/mol. The molecule has 1 aromatic heterocycles. The largest absolute Gasteiger partial charge is 0.497 e. The summed E-state index contributed by atoms with van der Waals surface area (Å²) in [5.41, 5.74) is 0.341. The van der Waals surface area contributed by atoms with Gasteiger partial charge in [-0.25, -0.2) is 0 Å². The zero-order valence-electron chi connectivity index (χ0n) is 17.3. The molecule has 0 saturated carbocycles. The number of carbonyl (C=O) groups is 2. The Bertz CT molecular complexity index is 863. The number of hydrogen-bond acceptors (Lipinski definition) is 7. The predicted octanol–water partition coefficient (Wildman–Crippen LogP) is 3.07. The maximum Gasteiger partial charge on any atom is 0.309 e. The number of benzene rings is 1. The summed E-state index contributed by atoms with van der Waals surface area (Å²) in [5.74, 6) is 0.922. The quantitative estimate of drug-likeness (QED) is 0.711. The summed E-state index contributed by atoms with van der Waals surface area (Å²) < 4.78 is 15.7. The molecule has 29 heavy (non-hydrogen) atoms. The Morgan fingerprint density at radius 1 is 1.24 bits per heavy atom. The van der Waals surface area contributed by atoms with Gasteiger partial charge in [0, 0.05) is 24.1 Å². The highest BCUT2D eigenvalue weighted by molar-refractivity contribution is 5.82. The van der Waals surface area contributed by atoms with Gasteiger partial charge in [0.2, 0.25) is 11.7 Å². The van der Waals surface area contributed by atoms with Crippen molar-refractivity contribution in [2.75, 3.05) is 20.2 Å². The van der Waals surface area contributed by atoms with Gasteiger partial charge in [-0.05, 0) is 25.0 Å². The van der Waals surface area contributed by atoms with Crippen LogP contribution in [0.15, 0.2) is 28.8 Å². The van der Waals surface area contributed by atoms with Crippen LogP contribution in [0.3, 0.4) is 0 Å². The van der Waals surface area contributed by atoms with E-state index in [0.717, 1.165) is 5.56 Å². The SMILES string of the molecule is COc1cccc(-c2noc(COC(=O)C3CCN(C(=O)C(C)(C)C)CC3)n2)c1. The number of hydrogen-bond donors (Lipinski definition) is 0. The van der Waals surface area contributed by atoms with Crippen LogP contribution in [0.25, 0.3) is 11.4 Å². The Morgan fingerprint density at radius 2 is 1.97 bits per heavy atom. The number of esters is 1. The van der Waals surface area contributed by atoms with Crippen molar-refractivity contribution in [2.24, 2.45) is 11.3 Å². The molecule has 0 bridgehead atoms. The highest BCUT2D eigenvalue weighted by atomic mass is 16.6. The Kier molecular flexibility index (Phi) is 6.20. The van der Waals surface area contributed by atoms with Gasteiger partial charge in [-0.2, -0.15) is 4.98 Å². The first-order chi connectivity index (χ1) is 13.8. The fraction of sp³-hybridized carbons (Fsp3) is 0.524. The van der Waals surface area contributed by atoms with Gasteiger partial charge in [-0.3, -0.25) is 9.59 Å². The smallest absolute Gasteiger partial charge is 0.309 e. The molecule has 1 saturated heterocycles. The van der Waals surface area contributed by atoms with E-state index in [-0.39, 0.29) is 30.3 Å². The van der Waals surface area contributed by atoms with Crippen molar-refractivity contribution in [1.29, 1.82) is 0 Å². The molecule has 1 aromatic carbocycles. The van der Waals surface area contributed by atoms with Gasteiger partial charge in [-0.15, -0.1) is 0 Å². The standard InChI is InChI=1S/C21H27N3O5/c1-21(2,3)20(26)24-10-8-14(9-11-24)19(25)28-13-17-22-18(23-29-17)15-6-5-7-16(12-15)27-4/h5-7,12,14H,8-11,13H2,1-4H3. The molecule has 2 heterocycles. The van der Waals surface area contributed by atoms with Crippen molar-refractivity contribution < 1.29 is 23.6 Å². The number of likely N-dealkylation sites (tertiary alicyclic amines) is 1. The molecule has 0 spiro atoms. The van der Waals surface area contributed by atoms with Gasteiger partial charge >= 0.3 is 5.97 Å². The van der Waals surface area contributed by atoms with Crippen LogP contribution in [0.1, 0.15) is 39.5 Å². The molecular formula is C21H27N3O5. The third-order valence-corrected chi connectivity index (χ3v) is 4.89. The second kappa shape index (κ2) is 8.63. The van der Waals surface area contributed by atoms with Crippen molar-refractivity contribution >= 4 is 11.9 Å². The van der Waals surface area contributed by atoms with E-state index in [0.29, 0.717) is 37.5 Å². The van der Waals surface area contributed by atoms with Crippen LogP contribution in [0.2, 0.25) is 0 Å². The molecule has 2 aromatic rings. The first-order valence-electron chi connectivity index (χ1n) is 9.71. The van der Waals surface area contributed by atoms with Gasteiger partial charge in [0.05, 0.1) is 13.0 Å². The Hall–Kier alpha value is -2.90. The lowest BCUT2D eigenvalue weighted by molar-refractivity contribution is -0.154. The van der Waals surface area contributed by atoms with Gasteiger partial charge in [0.25, 0.3) is 5.89 Å². The molecule has 0 unspecified atom stereocenters. The molecule has 1 aliphatic heterocycles. The van der Waals surface area contributed by atoms with Crippen molar-refractivity contribution in [2.45, 2.75) is 40.2 Å². The Labute approximate surface area is 170 Å². The van der Waals surface area contributed by atoms with Gasteiger partial charge in [0.15, 0.2) is 6.61 Å². The minimum Gasteiger partial charge on any atom is -0.497 e.